The van der Waals surface area contributed by atoms with Gasteiger partial charge in [0.1, 0.15) is 17.2 Å². The summed E-state index contributed by atoms with van der Waals surface area (Å²) in [5, 5.41) is 10.7. The highest BCUT2D eigenvalue weighted by Crippen LogP contribution is 2.24. The predicted molar refractivity (Wildman–Crippen MR) is 96.5 cm³/mol. The number of nitrogen functional groups attached to an aromatic ring is 1. The minimum Gasteiger partial charge on any atom is -0.496 e. The van der Waals surface area contributed by atoms with E-state index in [-0.39, 0.29) is 18.1 Å². The Morgan fingerprint density at radius 3 is 2.46 bits per heavy atom. The van der Waals surface area contributed by atoms with Crippen molar-refractivity contribution in [2.45, 2.75) is 6.54 Å². The summed E-state index contributed by atoms with van der Waals surface area (Å²) in [4.78, 5) is 12.5. The normalized spacial score (nSPS) is 10.4. The molecule has 0 spiro atoms. The number of hydrogen-bond acceptors (Lipinski definition) is 6. The molecule has 0 aliphatic heterocycles. The van der Waals surface area contributed by atoms with Gasteiger partial charge in [0, 0.05) is 12.1 Å². The SMILES string of the molecule is COc1ccccc1CNC(=O)c1nnn(-c2ccccc2OC)c1N. The lowest BCUT2D eigenvalue weighted by atomic mass is 10.2. The summed E-state index contributed by atoms with van der Waals surface area (Å²) in [6.45, 7) is 0.282. The van der Waals surface area contributed by atoms with E-state index < -0.39 is 5.91 Å². The molecule has 0 radical (unpaired) electrons. The van der Waals surface area contributed by atoms with Gasteiger partial charge in [0.05, 0.1) is 14.2 Å². The molecule has 0 atom stereocenters. The van der Waals surface area contributed by atoms with Crippen LogP contribution in [-0.2, 0) is 6.54 Å². The first-order valence-corrected chi connectivity index (χ1v) is 7.90. The van der Waals surface area contributed by atoms with Gasteiger partial charge in [0.25, 0.3) is 5.91 Å². The number of nitrogens with one attached hydrogen (secondary N) is 1. The zero-order chi connectivity index (χ0) is 18.5. The number of rotatable bonds is 6. The molecule has 3 N–H and O–H groups in total. The number of methoxy groups -OCH3 is 2. The number of para-hydroxylation sites is 3. The van der Waals surface area contributed by atoms with Crippen molar-refractivity contribution in [1.82, 2.24) is 20.3 Å². The third-order valence-corrected chi connectivity index (χ3v) is 3.87. The van der Waals surface area contributed by atoms with Gasteiger partial charge in [-0.1, -0.05) is 35.5 Å². The lowest BCUT2D eigenvalue weighted by Crippen LogP contribution is -2.24. The van der Waals surface area contributed by atoms with E-state index in [4.69, 9.17) is 15.2 Å². The number of amides is 1. The van der Waals surface area contributed by atoms with Gasteiger partial charge < -0.3 is 20.5 Å². The molecule has 0 aliphatic rings. The Labute approximate surface area is 150 Å². The predicted octanol–water partition coefficient (Wildman–Crippen LogP) is 1.80. The van der Waals surface area contributed by atoms with Crippen molar-refractivity contribution in [1.29, 1.82) is 0 Å². The van der Waals surface area contributed by atoms with Crippen LogP contribution in [0.4, 0.5) is 5.82 Å². The molecule has 0 bridgehead atoms. The highest BCUT2D eigenvalue weighted by atomic mass is 16.5. The molecular weight excluding hydrogens is 334 g/mol. The maximum absolute atomic E-state index is 12.5. The summed E-state index contributed by atoms with van der Waals surface area (Å²) in [7, 11) is 3.13. The monoisotopic (exact) mass is 353 g/mol. The molecule has 0 saturated carbocycles. The van der Waals surface area contributed by atoms with Crippen LogP contribution in [0, 0.1) is 0 Å². The molecule has 3 aromatic rings. The fourth-order valence-corrected chi connectivity index (χ4v) is 2.54. The number of nitrogens with zero attached hydrogens (tertiary/aromatic N) is 3. The Balaban J connectivity index is 1.80. The minimum absolute atomic E-state index is 0.0470. The highest BCUT2D eigenvalue weighted by molar-refractivity contribution is 5.96. The van der Waals surface area contributed by atoms with Crippen LogP contribution in [0.2, 0.25) is 0 Å². The van der Waals surface area contributed by atoms with Crippen LogP contribution < -0.4 is 20.5 Å². The Hall–Kier alpha value is -3.55. The second kappa shape index (κ2) is 7.56. The van der Waals surface area contributed by atoms with E-state index in [0.29, 0.717) is 17.2 Å². The molecule has 8 heteroatoms. The van der Waals surface area contributed by atoms with Crippen molar-refractivity contribution >= 4 is 11.7 Å². The van der Waals surface area contributed by atoms with Crippen molar-refractivity contribution in [2.75, 3.05) is 20.0 Å². The summed E-state index contributed by atoms with van der Waals surface area (Å²) in [5.74, 6) is 0.977. The van der Waals surface area contributed by atoms with Crippen molar-refractivity contribution in [3.63, 3.8) is 0 Å². The molecule has 1 amide bonds. The molecule has 8 nitrogen and oxygen atoms in total. The quantitative estimate of drug-likeness (QED) is 0.700. The van der Waals surface area contributed by atoms with Crippen molar-refractivity contribution in [3.8, 4) is 17.2 Å². The van der Waals surface area contributed by atoms with Gasteiger partial charge in [-0.25, -0.2) is 0 Å². The third-order valence-electron chi connectivity index (χ3n) is 3.87. The first-order valence-electron chi connectivity index (χ1n) is 7.90. The Kier molecular flexibility index (Phi) is 5.02. The van der Waals surface area contributed by atoms with Crippen LogP contribution in [0.15, 0.2) is 48.5 Å². The summed E-state index contributed by atoms with van der Waals surface area (Å²) >= 11 is 0. The molecule has 3 rings (SSSR count). The number of benzene rings is 2. The maximum atomic E-state index is 12.5. The third kappa shape index (κ3) is 3.30. The van der Waals surface area contributed by atoms with Gasteiger partial charge in [-0.15, -0.1) is 5.10 Å². The smallest absolute Gasteiger partial charge is 0.275 e. The van der Waals surface area contributed by atoms with Crippen LogP contribution in [-0.4, -0.2) is 35.1 Å². The Bertz CT molecular complexity index is 923. The number of anilines is 1. The largest absolute Gasteiger partial charge is 0.496 e. The van der Waals surface area contributed by atoms with E-state index in [1.165, 1.54) is 4.68 Å². The van der Waals surface area contributed by atoms with Gasteiger partial charge >= 0.3 is 0 Å². The molecule has 134 valence electrons. The zero-order valence-corrected chi connectivity index (χ0v) is 14.5. The number of nitrogens with two attached hydrogens (primary N) is 1. The first-order chi connectivity index (χ1) is 12.7. The van der Waals surface area contributed by atoms with Gasteiger partial charge in [-0.05, 0) is 18.2 Å². The van der Waals surface area contributed by atoms with Crippen LogP contribution in [0.5, 0.6) is 11.5 Å². The molecular formula is C18H19N5O3. The zero-order valence-electron chi connectivity index (χ0n) is 14.5. The van der Waals surface area contributed by atoms with E-state index in [9.17, 15) is 4.79 Å². The van der Waals surface area contributed by atoms with Crippen molar-refractivity contribution in [3.05, 3.63) is 59.8 Å². The number of carbonyl (C=O) groups is 1. The molecule has 0 unspecified atom stereocenters. The van der Waals surface area contributed by atoms with E-state index in [2.05, 4.69) is 15.6 Å². The van der Waals surface area contributed by atoms with Gasteiger partial charge in [-0.3, -0.25) is 4.79 Å². The van der Waals surface area contributed by atoms with Gasteiger partial charge in [0.15, 0.2) is 11.5 Å². The average molecular weight is 353 g/mol. The first kappa shape index (κ1) is 17.3. The summed E-state index contributed by atoms with van der Waals surface area (Å²) in [5.41, 5.74) is 7.58. The number of aromatic nitrogens is 3. The van der Waals surface area contributed by atoms with Crippen LogP contribution in [0.3, 0.4) is 0 Å². The topological polar surface area (TPSA) is 104 Å². The standard InChI is InChI=1S/C18H19N5O3/c1-25-14-9-5-3-7-12(14)11-20-18(24)16-17(19)23(22-21-16)13-8-4-6-10-15(13)26-2/h3-10H,11,19H2,1-2H3,(H,20,24). The van der Waals surface area contributed by atoms with E-state index >= 15 is 0 Å². The summed E-state index contributed by atoms with van der Waals surface area (Å²) < 4.78 is 11.9. The number of ether oxygens (including phenoxy) is 2. The van der Waals surface area contributed by atoms with Gasteiger partial charge in [-0.2, -0.15) is 4.68 Å². The lowest BCUT2D eigenvalue weighted by molar-refractivity contribution is 0.0946. The molecule has 2 aromatic carbocycles. The molecule has 0 fully saturated rings. The minimum atomic E-state index is -0.422. The molecule has 1 aromatic heterocycles. The van der Waals surface area contributed by atoms with Gasteiger partial charge in [0.2, 0.25) is 0 Å². The van der Waals surface area contributed by atoms with Crippen LogP contribution in [0.1, 0.15) is 16.1 Å². The fraction of sp³-hybridized carbons (Fsp3) is 0.167. The Morgan fingerprint density at radius 2 is 1.73 bits per heavy atom. The average Bonchev–Trinajstić information content (AvgIpc) is 3.07. The van der Waals surface area contributed by atoms with Crippen LogP contribution >= 0.6 is 0 Å². The lowest BCUT2D eigenvalue weighted by Gasteiger charge is -2.10. The van der Waals surface area contributed by atoms with E-state index in [1.54, 1.807) is 26.4 Å². The summed E-state index contributed by atoms with van der Waals surface area (Å²) in [6, 6.07) is 14.6. The molecule has 0 aliphatic carbocycles. The van der Waals surface area contributed by atoms with Crippen LogP contribution in [0.25, 0.3) is 5.69 Å². The highest BCUT2D eigenvalue weighted by Gasteiger charge is 2.20. The Morgan fingerprint density at radius 1 is 1.08 bits per heavy atom. The molecule has 1 heterocycles. The van der Waals surface area contributed by atoms with E-state index in [1.807, 2.05) is 36.4 Å². The number of carbonyl (C=O) groups excluding carboxylic acids is 1. The second-order valence-corrected chi connectivity index (χ2v) is 5.40. The van der Waals surface area contributed by atoms with E-state index in [0.717, 1.165) is 5.56 Å². The molecule has 26 heavy (non-hydrogen) atoms. The fourth-order valence-electron chi connectivity index (χ4n) is 2.54. The van der Waals surface area contributed by atoms with Crippen molar-refractivity contribution in [2.24, 2.45) is 0 Å². The summed E-state index contributed by atoms with van der Waals surface area (Å²) in [6.07, 6.45) is 0. The maximum Gasteiger partial charge on any atom is 0.275 e. The van der Waals surface area contributed by atoms with Crippen molar-refractivity contribution < 1.29 is 14.3 Å². The second-order valence-electron chi connectivity index (χ2n) is 5.40. The molecule has 0 saturated heterocycles. The number of hydrogen-bond donors (Lipinski definition) is 2.